The fraction of sp³-hybridized carbons (Fsp3) is 0.583. The van der Waals surface area contributed by atoms with Gasteiger partial charge in [-0.3, -0.25) is 4.79 Å². The Labute approximate surface area is 111 Å². The maximum absolute atomic E-state index is 11.6. The summed E-state index contributed by atoms with van der Waals surface area (Å²) in [6, 6.07) is 0. The number of oxime groups is 1. The summed E-state index contributed by atoms with van der Waals surface area (Å²) in [5.41, 5.74) is 1.03. The molecule has 2 N–H and O–H groups in total. The fourth-order valence-electron chi connectivity index (χ4n) is 1.44. The summed E-state index contributed by atoms with van der Waals surface area (Å²) < 4.78 is 0. The van der Waals surface area contributed by atoms with Crippen molar-refractivity contribution in [3.63, 3.8) is 0 Å². The Kier molecular flexibility index (Phi) is 6.35. The molecular weight excluding hydrogens is 250 g/mol. The summed E-state index contributed by atoms with van der Waals surface area (Å²) in [5.74, 6) is -0.00871. The van der Waals surface area contributed by atoms with Crippen molar-refractivity contribution in [1.29, 1.82) is 0 Å². The number of thiazole rings is 1. The zero-order valence-electron chi connectivity index (χ0n) is 10.8. The van der Waals surface area contributed by atoms with Crippen LogP contribution in [0.4, 0.5) is 5.13 Å². The van der Waals surface area contributed by atoms with E-state index in [2.05, 4.69) is 22.4 Å². The van der Waals surface area contributed by atoms with Crippen LogP contribution in [0.15, 0.2) is 10.5 Å². The quantitative estimate of drug-likeness (QED) is 0.345. The molecule has 0 spiro atoms. The van der Waals surface area contributed by atoms with E-state index >= 15 is 0 Å². The first-order chi connectivity index (χ1) is 8.67. The molecule has 1 aromatic heterocycles. The molecule has 0 aromatic carbocycles. The Morgan fingerprint density at radius 2 is 2.28 bits per heavy atom. The third-order valence-corrected chi connectivity index (χ3v) is 3.29. The van der Waals surface area contributed by atoms with E-state index in [1.165, 1.54) is 17.8 Å². The zero-order valence-corrected chi connectivity index (χ0v) is 11.6. The van der Waals surface area contributed by atoms with E-state index in [1.807, 2.05) is 0 Å². The summed E-state index contributed by atoms with van der Waals surface area (Å²) in [7, 11) is 0. The zero-order chi connectivity index (χ0) is 13.4. The summed E-state index contributed by atoms with van der Waals surface area (Å²) in [6.07, 6.45) is 4.86. The predicted molar refractivity (Wildman–Crippen MR) is 73.5 cm³/mol. The smallest absolute Gasteiger partial charge is 0.226 e. The Hall–Kier alpha value is -1.43. The highest BCUT2D eigenvalue weighted by Crippen LogP contribution is 2.16. The first-order valence-corrected chi connectivity index (χ1v) is 6.99. The van der Waals surface area contributed by atoms with Crippen LogP contribution in [0.25, 0.3) is 0 Å². The standard InChI is InChI=1S/C12H19N3O2S/c1-3-4-5-6-7-11(16)14-12-13-10(8-18-12)9(2)15-17/h8,17H,3-7H2,1-2H3,(H,13,14,16). The molecule has 0 unspecified atom stereocenters. The molecule has 1 heterocycles. The van der Waals surface area contributed by atoms with Gasteiger partial charge in [-0.15, -0.1) is 11.3 Å². The highest BCUT2D eigenvalue weighted by molar-refractivity contribution is 7.14. The van der Waals surface area contributed by atoms with Crippen LogP contribution in [0, 0.1) is 0 Å². The van der Waals surface area contributed by atoms with E-state index in [9.17, 15) is 4.79 Å². The highest BCUT2D eigenvalue weighted by Gasteiger charge is 2.08. The average molecular weight is 269 g/mol. The maximum Gasteiger partial charge on any atom is 0.226 e. The molecule has 1 rings (SSSR count). The molecule has 0 aliphatic rings. The number of hydrogen-bond donors (Lipinski definition) is 2. The van der Waals surface area contributed by atoms with Crippen LogP contribution < -0.4 is 5.32 Å². The average Bonchev–Trinajstić information content (AvgIpc) is 2.82. The van der Waals surface area contributed by atoms with Gasteiger partial charge in [-0.2, -0.15) is 0 Å². The molecule has 1 aromatic rings. The van der Waals surface area contributed by atoms with Gasteiger partial charge in [-0.25, -0.2) is 4.98 Å². The van der Waals surface area contributed by atoms with E-state index in [0.29, 0.717) is 23.0 Å². The Morgan fingerprint density at radius 1 is 1.50 bits per heavy atom. The second-order valence-electron chi connectivity index (χ2n) is 4.08. The first-order valence-electron chi connectivity index (χ1n) is 6.11. The van der Waals surface area contributed by atoms with E-state index in [4.69, 9.17) is 5.21 Å². The van der Waals surface area contributed by atoms with Crippen molar-refractivity contribution < 1.29 is 10.0 Å². The van der Waals surface area contributed by atoms with Gasteiger partial charge in [0.1, 0.15) is 11.4 Å². The van der Waals surface area contributed by atoms with Gasteiger partial charge in [-0.05, 0) is 13.3 Å². The number of carbonyl (C=O) groups is 1. The summed E-state index contributed by atoms with van der Waals surface area (Å²) in [6.45, 7) is 3.80. The van der Waals surface area contributed by atoms with Gasteiger partial charge in [0.15, 0.2) is 5.13 Å². The van der Waals surface area contributed by atoms with Crippen molar-refractivity contribution >= 4 is 28.1 Å². The van der Waals surface area contributed by atoms with Crippen molar-refractivity contribution in [1.82, 2.24) is 4.98 Å². The summed E-state index contributed by atoms with van der Waals surface area (Å²) >= 11 is 1.33. The number of amides is 1. The van der Waals surface area contributed by atoms with E-state index < -0.39 is 0 Å². The highest BCUT2D eigenvalue weighted by atomic mass is 32.1. The lowest BCUT2D eigenvalue weighted by Crippen LogP contribution is -2.11. The van der Waals surface area contributed by atoms with Crippen LogP contribution in [0.1, 0.15) is 51.6 Å². The summed E-state index contributed by atoms with van der Waals surface area (Å²) in [4.78, 5) is 15.8. The minimum atomic E-state index is -0.00871. The van der Waals surface area contributed by atoms with Gasteiger partial charge >= 0.3 is 0 Å². The number of unbranched alkanes of at least 4 members (excludes halogenated alkanes) is 3. The molecule has 0 radical (unpaired) electrons. The number of nitrogens with one attached hydrogen (secondary N) is 1. The molecule has 0 bridgehead atoms. The number of hydrogen-bond acceptors (Lipinski definition) is 5. The number of anilines is 1. The fourth-order valence-corrected chi connectivity index (χ4v) is 2.21. The van der Waals surface area contributed by atoms with E-state index in [-0.39, 0.29) is 5.91 Å². The molecule has 0 aliphatic carbocycles. The van der Waals surface area contributed by atoms with E-state index in [0.717, 1.165) is 19.3 Å². The third-order valence-electron chi connectivity index (χ3n) is 2.53. The van der Waals surface area contributed by atoms with Gasteiger partial charge in [0.25, 0.3) is 0 Å². The molecule has 0 fully saturated rings. The monoisotopic (exact) mass is 269 g/mol. The van der Waals surface area contributed by atoms with Crippen LogP contribution in [0.5, 0.6) is 0 Å². The van der Waals surface area contributed by atoms with Crippen LogP contribution in [0.3, 0.4) is 0 Å². The molecule has 6 heteroatoms. The number of rotatable bonds is 7. The molecule has 100 valence electrons. The number of nitrogens with zero attached hydrogens (tertiary/aromatic N) is 2. The lowest BCUT2D eigenvalue weighted by atomic mass is 10.1. The Bertz CT molecular complexity index is 415. The van der Waals surface area contributed by atoms with Crippen molar-refractivity contribution in [3.05, 3.63) is 11.1 Å². The van der Waals surface area contributed by atoms with Crippen LogP contribution in [-0.4, -0.2) is 21.8 Å². The summed E-state index contributed by atoms with van der Waals surface area (Å²) in [5, 5.41) is 16.7. The number of carbonyl (C=O) groups excluding carboxylic acids is 1. The molecular formula is C12H19N3O2S. The molecule has 18 heavy (non-hydrogen) atoms. The van der Waals surface area contributed by atoms with E-state index in [1.54, 1.807) is 12.3 Å². The molecule has 0 aliphatic heterocycles. The lowest BCUT2D eigenvalue weighted by molar-refractivity contribution is -0.116. The van der Waals surface area contributed by atoms with Gasteiger partial charge in [0.05, 0.1) is 0 Å². The molecule has 0 saturated carbocycles. The van der Waals surface area contributed by atoms with Crippen molar-refractivity contribution in [3.8, 4) is 0 Å². The first kappa shape index (κ1) is 14.6. The SMILES string of the molecule is CCCCCCC(=O)Nc1nc(C(C)=NO)cs1. The molecule has 1 amide bonds. The van der Waals surface area contributed by atoms with Crippen molar-refractivity contribution in [2.75, 3.05) is 5.32 Å². The second kappa shape index (κ2) is 7.81. The largest absolute Gasteiger partial charge is 0.411 e. The topological polar surface area (TPSA) is 74.6 Å². The van der Waals surface area contributed by atoms with Crippen LogP contribution in [-0.2, 0) is 4.79 Å². The Balaban J connectivity index is 2.38. The minimum absolute atomic E-state index is 0.00871. The molecule has 0 saturated heterocycles. The molecule has 5 nitrogen and oxygen atoms in total. The second-order valence-corrected chi connectivity index (χ2v) is 4.94. The van der Waals surface area contributed by atoms with Gasteiger partial charge in [0, 0.05) is 11.8 Å². The lowest BCUT2D eigenvalue weighted by Gasteiger charge is -2.01. The van der Waals surface area contributed by atoms with Gasteiger partial charge in [-0.1, -0.05) is 31.3 Å². The molecule has 0 atom stereocenters. The third kappa shape index (κ3) is 4.83. The number of aromatic nitrogens is 1. The Morgan fingerprint density at radius 3 is 2.94 bits per heavy atom. The van der Waals surface area contributed by atoms with Gasteiger partial charge < -0.3 is 10.5 Å². The normalized spacial score (nSPS) is 11.6. The predicted octanol–water partition coefficient (Wildman–Crippen LogP) is 3.25. The maximum atomic E-state index is 11.6. The van der Waals surface area contributed by atoms with Crippen molar-refractivity contribution in [2.45, 2.75) is 46.0 Å². The van der Waals surface area contributed by atoms with Gasteiger partial charge in [0.2, 0.25) is 5.91 Å². The van der Waals surface area contributed by atoms with Crippen LogP contribution in [0.2, 0.25) is 0 Å². The minimum Gasteiger partial charge on any atom is -0.411 e. The van der Waals surface area contributed by atoms with Crippen molar-refractivity contribution in [2.24, 2.45) is 5.16 Å². The van der Waals surface area contributed by atoms with Crippen LogP contribution >= 0.6 is 11.3 Å².